The molecule has 0 saturated heterocycles. The predicted octanol–water partition coefficient (Wildman–Crippen LogP) is 3.64. The number of nitrogens with one attached hydrogen (secondary N) is 1. The number of rotatable bonds is 6. The minimum Gasteiger partial charge on any atom is -0.366 e. The lowest BCUT2D eigenvalue weighted by molar-refractivity contribution is -0.134. The van der Waals surface area contributed by atoms with Crippen LogP contribution in [0.3, 0.4) is 0 Å². The van der Waals surface area contributed by atoms with Crippen LogP contribution in [0, 0.1) is 0 Å². The van der Waals surface area contributed by atoms with Crippen molar-refractivity contribution >= 4 is 33.9 Å². The molecule has 32 heavy (non-hydrogen) atoms. The Bertz CT molecular complexity index is 1170. The highest BCUT2D eigenvalue weighted by atomic mass is 32.1. The van der Waals surface area contributed by atoms with Gasteiger partial charge >= 0.3 is 6.18 Å². The molecule has 0 aliphatic carbocycles. The zero-order chi connectivity index (χ0) is 23.5. The van der Waals surface area contributed by atoms with E-state index in [0.717, 1.165) is 0 Å². The molecular formula is C20H17F3N6O2S. The molecule has 0 spiro atoms. The van der Waals surface area contributed by atoms with Gasteiger partial charge in [0.1, 0.15) is 4.88 Å². The molecule has 166 valence electrons. The van der Waals surface area contributed by atoms with E-state index in [1.54, 1.807) is 19.9 Å². The van der Waals surface area contributed by atoms with E-state index in [9.17, 15) is 22.8 Å². The molecule has 3 aromatic heterocycles. The molecule has 0 aliphatic heterocycles. The van der Waals surface area contributed by atoms with E-state index < -0.39 is 28.8 Å². The van der Waals surface area contributed by atoms with Gasteiger partial charge < -0.3 is 11.1 Å². The van der Waals surface area contributed by atoms with E-state index in [1.165, 1.54) is 30.9 Å². The zero-order valence-electron chi connectivity index (χ0n) is 16.8. The molecule has 0 fully saturated rings. The molecule has 3 N–H and O–H groups in total. The number of nitrogens with zero attached hydrogens (tertiary/aromatic N) is 4. The fourth-order valence-corrected chi connectivity index (χ4v) is 3.38. The average Bonchev–Trinajstić information content (AvgIpc) is 3.23. The van der Waals surface area contributed by atoms with Gasteiger partial charge in [0.05, 0.1) is 41.5 Å². The third-order valence-corrected chi connectivity index (χ3v) is 5.40. The van der Waals surface area contributed by atoms with E-state index in [4.69, 9.17) is 5.73 Å². The number of nitrogens with two attached hydrogens (primary N) is 1. The van der Waals surface area contributed by atoms with Crippen molar-refractivity contribution in [1.82, 2.24) is 19.9 Å². The highest BCUT2D eigenvalue weighted by Gasteiger charge is 2.33. The Labute approximate surface area is 184 Å². The van der Waals surface area contributed by atoms with Crippen LogP contribution in [0.2, 0.25) is 0 Å². The number of hydrogen-bond donors (Lipinski definition) is 2. The monoisotopic (exact) mass is 462 g/mol. The van der Waals surface area contributed by atoms with E-state index in [-0.39, 0.29) is 10.7 Å². The van der Waals surface area contributed by atoms with Gasteiger partial charge in [0.25, 0.3) is 5.91 Å². The minimum absolute atomic E-state index is 0.144. The second-order valence-electron chi connectivity index (χ2n) is 6.60. The summed E-state index contributed by atoms with van der Waals surface area (Å²) < 4.78 is 38.1. The van der Waals surface area contributed by atoms with Crippen LogP contribution in [0.4, 0.5) is 18.3 Å². The van der Waals surface area contributed by atoms with Gasteiger partial charge in [0.2, 0.25) is 5.91 Å². The SMILES string of the molecule is CC=C(C(N)=O)c1cnc(-c2cncc(C(C)C(=O)Nc3ncc(C(F)(F)F)s3)c2)cn1. The van der Waals surface area contributed by atoms with E-state index in [0.29, 0.717) is 40.0 Å². The molecule has 0 aromatic carbocycles. The number of thiazole rings is 1. The molecule has 8 nitrogen and oxygen atoms in total. The lowest BCUT2D eigenvalue weighted by Gasteiger charge is -2.12. The average molecular weight is 462 g/mol. The van der Waals surface area contributed by atoms with Gasteiger partial charge in [-0.05, 0) is 25.5 Å². The summed E-state index contributed by atoms with van der Waals surface area (Å²) in [6, 6.07) is 1.68. The molecule has 0 saturated carbocycles. The summed E-state index contributed by atoms with van der Waals surface area (Å²) in [7, 11) is 0. The van der Waals surface area contributed by atoms with Gasteiger partial charge in [-0.2, -0.15) is 13.2 Å². The second-order valence-corrected chi connectivity index (χ2v) is 7.63. The largest absolute Gasteiger partial charge is 0.427 e. The van der Waals surface area contributed by atoms with Crippen molar-refractivity contribution in [3.63, 3.8) is 0 Å². The summed E-state index contributed by atoms with van der Waals surface area (Å²) >= 11 is 0.349. The van der Waals surface area contributed by atoms with Crippen molar-refractivity contribution in [1.29, 1.82) is 0 Å². The lowest BCUT2D eigenvalue weighted by Crippen LogP contribution is -2.19. The third kappa shape index (κ3) is 5.14. The number of carbonyl (C=O) groups is 2. The Balaban J connectivity index is 1.77. The lowest BCUT2D eigenvalue weighted by atomic mass is 10.00. The van der Waals surface area contributed by atoms with Crippen LogP contribution in [0.25, 0.3) is 16.8 Å². The van der Waals surface area contributed by atoms with Crippen LogP contribution in [0.5, 0.6) is 0 Å². The molecule has 3 heterocycles. The molecule has 0 radical (unpaired) electrons. The van der Waals surface area contributed by atoms with Crippen LogP contribution >= 0.6 is 11.3 Å². The quantitative estimate of drug-likeness (QED) is 0.539. The molecule has 0 bridgehead atoms. The number of alkyl halides is 3. The number of aromatic nitrogens is 4. The number of allylic oxidation sites excluding steroid dienone is 1. The summed E-state index contributed by atoms with van der Waals surface area (Å²) in [4.78, 5) is 39.2. The molecule has 12 heteroatoms. The number of primary amides is 1. The van der Waals surface area contributed by atoms with E-state index >= 15 is 0 Å². The minimum atomic E-state index is -4.52. The van der Waals surface area contributed by atoms with Crippen molar-refractivity contribution in [2.75, 3.05) is 5.32 Å². The number of carbonyl (C=O) groups excluding carboxylic acids is 2. The van der Waals surface area contributed by atoms with E-state index in [2.05, 4.69) is 25.3 Å². The van der Waals surface area contributed by atoms with Gasteiger partial charge in [-0.25, -0.2) is 4.98 Å². The first-order valence-electron chi connectivity index (χ1n) is 9.18. The van der Waals surface area contributed by atoms with Crippen molar-refractivity contribution < 1.29 is 22.8 Å². The summed E-state index contributed by atoms with van der Waals surface area (Å²) in [5, 5.41) is 2.25. The van der Waals surface area contributed by atoms with Crippen molar-refractivity contribution in [2.24, 2.45) is 5.73 Å². The Morgan fingerprint density at radius 1 is 1.12 bits per heavy atom. The molecule has 3 rings (SSSR count). The van der Waals surface area contributed by atoms with Crippen molar-refractivity contribution in [2.45, 2.75) is 25.9 Å². The Morgan fingerprint density at radius 3 is 2.44 bits per heavy atom. The fraction of sp³-hybridized carbons (Fsp3) is 0.200. The number of hydrogen-bond acceptors (Lipinski definition) is 7. The Hall–Kier alpha value is -3.67. The number of amides is 2. The van der Waals surface area contributed by atoms with Crippen LogP contribution < -0.4 is 11.1 Å². The van der Waals surface area contributed by atoms with Gasteiger partial charge in [0, 0.05) is 18.0 Å². The van der Waals surface area contributed by atoms with Crippen molar-refractivity contribution in [3.05, 3.63) is 59.3 Å². The van der Waals surface area contributed by atoms with Gasteiger partial charge in [-0.3, -0.25) is 24.5 Å². The Kier molecular flexibility index (Phi) is 6.63. The summed E-state index contributed by atoms with van der Waals surface area (Å²) in [6.45, 7) is 3.25. The molecular weight excluding hydrogens is 445 g/mol. The molecule has 1 atom stereocenters. The maximum absolute atomic E-state index is 12.7. The second kappa shape index (κ2) is 9.22. The van der Waals surface area contributed by atoms with Crippen LogP contribution in [-0.2, 0) is 15.8 Å². The first kappa shape index (κ1) is 23.0. The fourth-order valence-electron chi connectivity index (χ4n) is 2.70. The summed E-state index contributed by atoms with van der Waals surface area (Å²) in [6.07, 6.45) is 3.54. The zero-order valence-corrected chi connectivity index (χ0v) is 17.7. The van der Waals surface area contributed by atoms with Gasteiger partial charge in [-0.15, -0.1) is 0 Å². The number of halogens is 3. The molecule has 3 aromatic rings. The molecule has 0 aliphatic rings. The predicted molar refractivity (Wildman–Crippen MR) is 112 cm³/mol. The van der Waals surface area contributed by atoms with Crippen LogP contribution in [0.15, 0.2) is 43.1 Å². The number of pyridine rings is 1. The first-order chi connectivity index (χ1) is 15.1. The molecule has 1 unspecified atom stereocenters. The van der Waals surface area contributed by atoms with E-state index in [1.807, 2.05) is 0 Å². The summed E-state index contributed by atoms with van der Waals surface area (Å²) in [5.41, 5.74) is 7.39. The molecule has 2 amide bonds. The summed E-state index contributed by atoms with van der Waals surface area (Å²) in [5.74, 6) is -1.88. The topological polar surface area (TPSA) is 124 Å². The third-order valence-electron chi connectivity index (χ3n) is 4.45. The van der Waals surface area contributed by atoms with Crippen LogP contribution in [0.1, 0.15) is 35.9 Å². The first-order valence-corrected chi connectivity index (χ1v) is 9.99. The highest BCUT2D eigenvalue weighted by molar-refractivity contribution is 7.15. The number of anilines is 1. The normalized spacial score (nSPS) is 13.0. The maximum atomic E-state index is 12.7. The van der Waals surface area contributed by atoms with Crippen LogP contribution in [-0.4, -0.2) is 31.8 Å². The van der Waals surface area contributed by atoms with Gasteiger partial charge in [-0.1, -0.05) is 17.4 Å². The smallest absolute Gasteiger partial charge is 0.366 e. The van der Waals surface area contributed by atoms with Crippen molar-refractivity contribution in [3.8, 4) is 11.3 Å². The standard InChI is InChI=1S/C20H17F3N6O2S/c1-3-13(17(24)30)15-8-26-14(7-27-15)12-4-11(5-25-6-12)10(2)18(31)29-19-28-9-16(32-19)20(21,22)23/h3-10H,1-2H3,(H2,24,30)(H,28,29,31). The maximum Gasteiger partial charge on any atom is 0.427 e. The Morgan fingerprint density at radius 2 is 1.88 bits per heavy atom. The van der Waals surface area contributed by atoms with Gasteiger partial charge in [0.15, 0.2) is 5.13 Å². The highest BCUT2D eigenvalue weighted by Crippen LogP contribution is 2.35.